The highest BCUT2D eigenvalue weighted by atomic mass is 32.2. The van der Waals surface area contributed by atoms with Gasteiger partial charge in [-0.3, -0.25) is 28.8 Å². The molecule has 3 saturated carbocycles. The Bertz CT molecular complexity index is 2230. The molecule has 65 heavy (non-hydrogen) atoms. The fourth-order valence-electron chi connectivity index (χ4n) is 11.5. The van der Waals surface area contributed by atoms with Crippen LogP contribution in [0.5, 0.6) is 11.5 Å². The van der Waals surface area contributed by atoms with Gasteiger partial charge >= 0.3 is 0 Å². The largest absolute Gasteiger partial charge is 0.457 e. The molecule has 0 aromatic heterocycles. The molecule has 4 aliphatic carbocycles. The van der Waals surface area contributed by atoms with Gasteiger partial charge in [0.1, 0.15) is 18.1 Å². The number of hydrogen-bond donors (Lipinski definition) is 5. The van der Waals surface area contributed by atoms with E-state index in [-0.39, 0.29) is 77.6 Å². The number of benzene rings is 2. The summed E-state index contributed by atoms with van der Waals surface area (Å²) in [5.74, 6) is -1.55. The van der Waals surface area contributed by atoms with Crippen LogP contribution < -0.4 is 20.7 Å². The molecular formula is C50H63N3O11S. The summed E-state index contributed by atoms with van der Waals surface area (Å²) in [7, 11) is 0. The number of thioether (sulfide) groups is 1. The number of amides is 3. The molecule has 5 aliphatic rings. The van der Waals surface area contributed by atoms with Gasteiger partial charge in [0.05, 0.1) is 23.5 Å². The Morgan fingerprint density at radius 1 is 0.969 bits per heavy atom. The lowest BCUT2D eigenvalue weighted by molar-refractivity contribution is -0.201. The molecule has 0 bridgehead atoms. The fraction of sp³-hybridized carbons (Fsp3) is 0.560. The van der Waals surface area contributed by atoms with Crippen molar-refractivity contribution in [1.29, 1.82) is 0 Å². The normalized spacial score (nSPS) is 31.3. The van der Waals surface area contributed by atoms with Gasteiger partial charge in [-0.15, -0.1) is 0 Å². The van der Waals surface area contributed by atoms with E-state index in [2.05, 4.69) is 22.9 Å². The summed E-state index contributed by atoms with van der Waals surface area (Å²) >= 11 is 1.41. The first-order valence-corrected chi connectivity index (χ1v) is 24.0. The maximum Gasteiger partial charge on any atom is 0.232 e. The number of anilines is 1. The van der Waals surface area contributed by atoms with Crippen LogP contribution in [0.25, 0.3) is 0 Å². The van der Waals surface area contributed by atoms with E-state index in [1.165, 1.54) is 11.8 Å². The molecule has 4 fully saturated rings. The molecule has 1 unspecified atom stereocenters. The van der Waals surface area contributed by atoms with Crippen LogP contribution in [0.4, 0.5) is 5.69 Å². The summed E-state index contributed by atoms with van der Waals surface area (Å²) in [6.45, 7) is 10.6. The van der Waals surface area contributed by atoms with Crippen molar-refractivity contribution in [2.75, 3.05) is 24.7 Å². The Kier molecular flexibility index (Phi) is 14.3. The summed E-state index contributed by atoms with van der Waals surface area (Å²) in [5, 5.41) is 30.4. The summed E-state index contributed by atoms with van der Waals surface area (Å²) in [5.41, 5.74) is -0.513. The molecule has 7 rings (SSSR count). The zero-order valence-corrected chi connectivity index (χ0v) is 39.1. The predicted molar refractivity (Wildman–Crippen MR) is 245 cm³/mol. The Labute approximate surface area is 385 Å². The molecule has 14 nitrogen and oxygen atoms in total. The highest BCUT2D eigenvalue weighted by Gasteiger charge is 2.76. The van der Waals surface area contributed by atoms with Gasteiger partial charge in [0.15, 0.2) is 29.2 Å². The van der Waals surface area contributed by atoms with Crippen LogP contribution >= 0.6 is 11.8 Å². The quantitative estimate of drug-likeness (QED) is 0.124. The van der Waals surface area contributed by atoms with Crippen LogP contribution in [0.15, 0.2) is 72.3 Å². The number of ether oxygens (including phenoxy) is 3. The molecule has 0 radical (unpaired) electrons. The number of nitrogens with one attached hydrogen (secondary N) is 3. The van der Waals surface area contributed by atoms with E-state index in [4.69, 9.17) is 14.2 Å². The van der Waals surface area contributed by atoms with Gasteiger partial charge < -0.3 is 40.4 Å². The second-order valence-electron chi connectivity index (χ2n) is 19.3. The van der Waals surface area contributed by atoms with Gasteiger partial charge in [-0.1, -0.05) is 58.4 Å². The lowest BCUT2D eigenvalue weighted by atomic mass is 9.46. The Balaban J connectivity index is 0.931. The summed E-state index contributed by atoms with van der Waals surface area (Å²) in [6.07, 6.45) is 7.11. The monoisotopic (exact) mass is 913 g/mol. The summed E-state index contributed by atoms with van der Waals surface area (Å²) in [4.78, 5) is 77.2. The van der Waals surface area contributed by atoms with Crippen LogP contribution in [0.3, 0.4) is 0 Å². The lowest BCUT2D eigenvalue weighted by Crippen LogP contribution is -2.63. The first kappa shape index (κ1) is 48.3. The SMILES string of the molecule is CSC(C)C(=O)NCCC(=O)N[C@H](C(=O)C[C@@H](C)C(=O)Nc1ccc(Oc2ccc([C@@H]3O[C@@H]4C[C@H]5[C@@H]6CCC7=CC(=O)C=C[C@]7(C)[C@H]6[C@@H](O)C[C@]5(C)[C@]4(C(=O)CO)O3)cc2)cc1)C(C)C. The maximum atomic E-state index is 13.9. The third-order valence-electron chi connectivity index (χ3n) is 15.0. The third-order valence-corrected chi connectivity index (χ3v) is 15.9. The van der Waals surface area contributed by atoms with Crippen molar-refractivity contribution in [2.24, 2.45) is 40.4 Å². The van der Waals surface area contributed by atoms with Crippen molar-refractivity contribution < 1.29 is 53.2 Å². The van der Waals surface area contributed by atoms with E-state index < -0.39 is 59.3 Å². The van der Waals surface area contributed by atoms with Gasteiger partial charge in [0.2, 0.25) is 17.7 Å². The van der Waals surface area contributed by atoms with Crippen LogP contribution in [0.2, 0.25) is 0 Å². The van der Waals surface area contributed by atoms with Crippen molar-refractivity contribution in [3.8, 4) is 11.5 Å². The first-order valence-electron chi connectivity index (χ1n) is 22.8. The second kappa shape index (κ2) is 19.3. The number of aliphatic hydroxyl groups excluding tert-OH is 2. The predicted octanol–water partition coefficient (Wildman–Crippen LogP) is 6.01. The van der Waals surface area contributed by atoms with Crippen LogP contribution in [0.1, 0.15) is 91.9 Å². The smallest absolute Gasteiger partial charge is 0.232 e. The second-order valence-corrected chi connectivity index (χ2v) is 20.5. The molecular weight excluding hydrogens is 851 g/mol. The Morgan fingerprint density at radius 2 is 1.65 bits per heavy atom. The fourth-order valence-corrected chi connectivity index (χ4v) is 11.8. The number of aliphatic hydroxyl groups is 2. The number of ketones is 3. The summed E-state index contributed by atoms with van der Waals surface area (Å²) in [6, 6.07) is 13.1. The molecule has 12 atom stereocenters. The van der Waals surface area contributed by atoms with Crippen molar-refractivity contribution in [3.05, 3.63) is 77.9 Å². The molecule has 350 valence electrons. The Hall–Kier alpha value is -4.67. The van der Waals surface area contributed by atoms with Gasteiger partial charge in [-0.2, -0.15) is 11.8 Å². The van der Waals surface area contributed by atoms with Gasteiger partial charge in [0.25, 0.3) is 0 Å². The number of carbonyl (C=O) groups is 6. The molecule has 0 spiro atoms. The minimum absolute atomic E-state index is 0.0132. The number of rotatable bonds is 17. The Morgan fingerprint density at radius 3 is 2.29 bits per heavy atom. The highest BCUT2D eigenvalue weighted by Crippen LogP contribution is 2.70. The number of Topliss-reactive ketones (excluding diaryl/α,β-unsaturated/α-hetero) is 2. The number of carbonyl (C=O) groups excluding carboxylic acids is 6. The van der Waals surface area contributed by atoms with Crippen LogP contribution in [0, 0.1) is 40.4 Å². The van der Waals surface area contributed by atoms with Crippen molar-refractivity contribution in [1.82, 2.24) is 10.6 Å². The average Bonchev–Trinajstić information content (AvgIpc) is 3.78. The van der Waals surface area contributed by atoms with E-state index in [0.717, 1.165) is 18.4 Å². The highest BCUT2D eigenvalue weighted by molar-refractivity contribution is 7.99. The average molecular weight is 914 g/mol. The van der Waals surface area contributed by atoms with E-state index >= 15 is 0 Å². The standard InChI is InChI=1S/C50H63N3O11S/c1-27(2)44(53-42(59)19-21-51-46(61)29(4)65-7)38(56)22-28(3)45(60)52-32-11-15-35(16-12-32)62-34-13-8-30(9-14-34)47-63-41-24-37-36-17-10-31-23-33(55)18-20-48(31,5)43(36)39(57)25-49(37,6)50(41,64-47)40(58)26-54/h8-9,11-16,18,20,23,27-29,36-37,39,41,43-44,47,54,57H,10,17,19,21-22,24-26H2,1-7H3,(H,51,61)(H,52,60)(H,53,59)/t28-,29?,36+,37+,39+,41-,43-,44+,47-,48+,49+,50-/m1/s1. The van der Waals surface area contributed by atoms with Gasteiger partial charge in [0, 0.05) is 53.3 Å². The lowest BCUT2D eigenvalue weighted by Gasteiger charge is -2.59. The van der Waals surface area contributed by atoms with Crippen molar-refractivity contribution >= 4 is 52.5 Å². The molecule has 1 saturated heterocycles. The minimum atomic E-state index is -1.46. The molecule has 15 heteroatoms. The molecule has 1 aliphatic heterocycles. The molecule has 5 N–H and O–H groups in total. The molecule has 1 heterocycles. The topological polar surface area (TPSA) is 207 Å². The zero-order valence-electron chi connectivity index (χ0n) is 38.3. The van der Waals surface area contributed by atoms with Crippen LogP contribution in [-0.4, -0.2) is 93.8 Å². The first-order chi connectivity index (χ1) is 30.8. The van der Waals surface area contributed by atoms with E-state index in [0.29, 0.717) is 35.6 Å². The molecule has 2 aromatic carbocycles. The third kappa shape index (κ3) is 9.23. The van der Waals surface area contributed by atoms with E-state index in [9.17, 15) is 39.0 Å². The van der Waals surface area contributed by atoms with E-state index in [1.807, 2.05) is 33.1 Å². The molecule has 2 aromatic rings. The molecule has 3 amide bonds. The number of fused-ring (bicyclic) bond motifs is 7. The maximum absolute atomic E-state index is 13.9. The minimum Gasteiger partial charge on any atom is -0.457 e. The van der Waals surface area contributed by atoms with Crippen LogP contribution in [-0.2, 0) is 38.2 Å². The van der Waals surface area contributed by atoms with E-state index in [1.54, 1.807) is 74.5 Å². The zero-order chi connectivity index (χ0) is 47.0. The van der Waals surface area contributed by atoms with Gasteiger partial charge in [-0.05, 0) is 105 Å². The summed E-state index contributed by atoms with van der Waals surface area (Å²) < 4.78 is 19.4. The van der Waals surface area contributed by atoms with Crippen molar-refractivity contribution in [2.45, 2.75) is 115 Å². The van der Waals surface area contributed by atoms with Crippen molar-refractivity contribution in [3.63, 3.8) is 0 Å². The number of hydrogen-bond acceptors (Lipinski definition) is 12. The van der Waals surface area contributed by atoms with Gasteiger partial charge in [-0.25, -0.2) is 0 Å². The number of allylic oxidation sites excluding steroid dienone is 4.